The Labute approximate surface area is 135 Å². The lowest BCUT2D eigenvalue weighted by atomic mass is 10.1. The van der Waals surface area contributed by atoms with Gasteiger partial charge in [0.1, 0.15) is 6.04 Å². The fraction of sp³-hybridized carbons (Fsp3) is 0.462. The maximum atomic E-state index is 12.1. The zero-order chi connectivity index (χ0) is 15.4. The minimum atomic E-state index is -0.411. The first-order chi connectivity index (χ1) is 10.0. The van der Waals surface area contributed by atoms with Crippen LogP contribution in [0.15, 0.2) is 18.2 Å². The number of ether oxygens (including phenoxy) is 1. The van der Waals surface area contributed by atoms with E-state index < -0.39 is 11.0 Å². The molecule has 21 heavy (non-hydrogen) atoms. The highest BCUT2D eigenvalue weighted by Gasteiger charge is 2.30. The highest BCUT2D eigenvalue weighted by molar-refractivity contribution is 14.1. The standard InChI is InChI=1S/C13H16IN3O4/c1-2-15-13(18)12-8-21-6-5-16(12)9-3-4-11(17(19)20)10(14)7-9/h3-4,7,12H,2,5-6,8H2,1H3,(H,15,18). The summed E-state index contributed by atoms with van der Waals surface area (Å²) >= 11 is 1.94. The number of anilines is 1. The number of nitrogens with one attached hydrogen (secondary N) is 1. The van der Waals surface area contributed by atoms with Crippen LogP contribution < -0.4 is 10.2 Å². The van der Waals surface area contributed by atoms with Crippen LogP contribution in [0.25, 0.3) is 0 Å². The van der Waals surface area contributed by atoms with Gasteiger partial charge in [-0.15, -0.1) is 0 Å². The van der Waals surface area contributed by atoms with E-state index in [9.17, 15) is 14.9 Å². The van der Waals surface area contributed by atoms with E-state index >= 15 is 0 Å². The maximum Gasteiger partial charge on any atom is 0.282 e. The second kappa shape index (κ2) is 7.03. The Morgan fingerprint density at radius 3 is 3.00 bits per heavy atom. The smallest absolute Gasteiger partial charge is 0.282 e. The average molecular weight is 405 g/mol. The van der Waals surface area contributed by atoms with Crippen LogP contribution in [0.3, 0.4) is 0 Å². The van der Waals surface area contributed by atoms with Crippen LogP contribution in [-0.4, -0.2) is 43.2 Å². The quantitative estimate of drug-likeness (QED) is 0.467. The zero-order valence-electron chi connectivity index (χ0n) is 11.5. The van der Waals surface area contributed by atoms with Crippen molar-refractivity contribution in [3.63, 3.8) is 0 Å². The van der Waals surface area contributed by atoms with Gasteiger partial charge in [-0.3, -0.25) is 14.9 Å². The number of carbonyl (C=O) groups excluding carboxylic acids is 1. The van der Waals surface area contributed by atoms with Gasteiger partial charge in [0.25, 0.3) is 5.69 Å². The second-order valence-electron chi connectivity index (χ2n) is 4.57. The number of hydrogen-bond acceptors (Lipinski definition) is 5. The Morgan fingerprint density at radius 1 is 1.62 bits per heavy atom. The summed E-state index contributed by atoms with van der Waals surface area (Å²) < 4.78 is 5.93. The van der Waals surface area contributed by atoms with E-state index in [0.29, 0.717) is 29.9 Å². The molecular formula is C13H16IN3O4. The fourth-order valence-electron chi connectivity index (χ4n) is 2.24. The lowest BCUT2D eigenvalue weighted by Gasteiger charge is -2.36. The molecule has 1 N–H and O–H groups in total. The van der Waals surface area contributed by atoms with Gasteiger partial charge >= 0.3 is 0 Å². The summed E-state index contributed by atoms with van der Waals surface area (Å²) in [5.74, 6) is -0.0921. The third-order valence-corrected chi connectivity index (χ3v) is 4.11. The van der Waals surface area contributed by atoms with Crippen molar-refractivity contribution in [2.45, 2.75) is 13.0 Å². The molecule has 1 aromatic carbocycles. The molecule has 0 aromatic heterocycles. The fourth-order valence-corrected chi connectivity index (χ4v) is 2.94. The number of nitro groups is 1. The molecule has 8 heteroatoms. The van der Waals surface area contributed by atoms with Gasteiger partial charge in [0.2, 0.25) is 5.91 Å². The van der Waals surface area contributed by atoms with Crippen LogP contribution in [0.1, 0.15) is 6.92 Å². The average Bonchev–Trinajstić information content (AvgIpc) is 2.47. The molecule has 114 valence electrons. The molecule has 1 aliphatic heterocycles. The van der Waals surface area contributed by atoms with Crippen LogP contribution in [0.4, 0.5) is 11.4 Å². The molecule has 0 bridgehead atoms. The molecule has 1 atom stereocenters. The van der Waals surface area contributed by atoms with Gasteiger partial charge in [0.15, 0.2) is 0 Å². The van der Waals surface area contributed by atoms with Gasteiger partial charge in [-0.2, -0.15) is 0 Å². The third-order valence-electron chi connectivity index (χ3n) is 3.24. The Bertz CT molecular complexity index is 552. The number of benzene rings is 1. The van der Waals surface area contributed by atoms with Crippen molar-refractivity contribution >= 4 is 39.9 Å². The predicted octanol–water partition coefficient (Wildman–Crippen LogP) is 1.54. The first-order valence-corrected chi connectivity index (χ1v) is 7.68. The van der Waals surface area contributed by atoms with Gasteiger partial charge in [0.05, 0.1) is 21.7 Å². The normalized spacial score (nSPS) is 18.4. The summed E-state index contributed by atoms with van der Waals surface area (Å²) in [6.07, 6.45) is 0. The molecule has 1 fully saturated rings. The van der Waals surface area contributed by atoms with Crippen molar-refractivity contribution in [2.24, 2.45) is 0 Å². The Balaban J connectivity index is 2.27. The van der Waals surface area contributed by atoms with Crippen molar-refractivity contribution < 1.29 is 14.5 Å². The van der Waals surface area contributed by atoms with E-state index in [1.54, 1.807) is 12.1 Å². The first kappa shape index (κ1) is 16.0. The molecule has 1 amide bonds. The predicted molar refractivity (Wildman–Crippen MR) is 86.5 cm³/mol. The highest BCUT2D eigenvalue weighted by atomic mass is 127. The van der Waals surface area contributed by atoms with Gasteiger partial charge < -0.3 is 15.0 Å². The molecule has 0 saturated carbocycles. The minimum absolute atomic E-state index is 0.0715. The summed E-state index contributed by atoms with van der Waals surface area (Å²) in [6.45, 7) is 3.85. The monoisotopic (exact) mass is 405 g/mol. The lowest BCUT2D eigenvalue weighted by molar-refractivity contribution is -0.385. The third kappa shape index (κ3) is 3.62. The van der Waals surface area contributed by atoms with E-state index in [4.69, 9.17) is 4.74 Å². The molecule has 0 aliphatic carbocycles. The molecular weight excluding hydrogens is 389 g/mol. The summed E-state index contributed by atoms with van der Waals surface area (Å²) in [4.78, 5) is 24.5. The number of likely N-dealkylation sites (N-methyl/N-ethyl adjacent to an activating group) is 1. The Kier molecular flexibility index (Phi) is 5.34. The topological polar surface area (TPSA) is 84.7 Å². The molecule has 0 spiro atoms. The molecule has 0 radical (unpaired) electrons. The summed E-state index contributed by atoms with van der Waals surface area (Å²) in [5, 5.41) is 13.7. The zero-order valence-corrected chi connectivity index (χ0v) is 13.7. The van der Waals surface area contributed by atoms with E-state index in [0.717, 1.165) is 5.69 Å². The maximum absolute atomic E-state index is 12.1. The highest BCUT2D eigenvalue weighted by Crippen LogP contribution is 2.28. The summed E-state index contributed by atoms with van der Waals surface area (Å²) in [7, 11) is 0. The van der Waals surface area contributed by atoms with E-state index in [-0.39, 0.29) is 11.6 Å². The van der Waals surface area contributed by atoms with Crippen molar-refractivity contribution in [2.75, 3.05) is 31.2 Å². The second-order valence-corrected chi connectivity index (χ2v) is 5.73. The van der Waals surface area contributed by atoms with E-state index in [1.807, 2.05) is 34.4 Å². The number of hydrogen-bond donors (Lipinski definition) is 1. The van der Waals surface area contributed by atoms with Crippen LogP contribution in [-0.2, 0) is 9.53 Å². The lowest BCUT2D eigenvalue weighted by Crippen LogP contribution is -2.54. The number of rotatable bonds is 4. The largest absolute Gasteiger partial charge is 0.377 e. The van der Waals surface area contributed by atoms with Gasteiger partial charge in [-0.25, -0.2) is 0 Å². The molecule has 1 unspecified atom stereocenters. The SMILES string of the molecule is CCNC(=O)C1COCCN1c1ccc([N+](=O)[O-])c(I)c1. The molecule has 1 aromatic rings. The van der Waals surface area contributed by atoms with E-state index in [1.165, 1.54) is 6.07 Å². The van der Waals surface area contributed by atoms with Crippen LogP contribution in [0.5, 0.6) is 0 Å². The van der Waals surface area contributed by atoms with Crippen LogP contribution in [0, 0.1) is 13.7 Å². The Morgan fingerprint density at radius 2 is 2.38 bits per heavy atom. The van der Waals surface area contributed by atoms with Crippen molar-refractivity contribution in [1.29, 1.82) is 0 Å². The molecule has 1 aliphatic rings. The molecule has 1 saturated heterocycles. The number of carbonyl (C=O) groups is 1. The van der Waals surface area contributed by atoms with Crippen LogP contribution in [0.2, 0.25) is 0 Å². The number of halogens is 1. The molecule has 1 heterocycles. The van der Waals surface area contributed by atoms with Gasteiger partial charge in [-0.1, -0.05) is 0 Å². The first-order valence-electron chi connectivity index (χ1n) is 6.60. The van der Waals surface area contributed by atoms with Crippen LogP contribution >= 0.6 is 22.6 Å². The number of amides is 1. The number of morpholine rings is 1. The van der Waals surface area contributed by atoms with Crippen molar-refractivity contribution in [3.8, 4) is 0 Å². The van der Waals surface area contributed by atoms with E-state index in [2.05, 4.69) is 5.32 Å². The molecule has 2 rings (SSSR count). The summed E-state index contributed by atoms with van der Waals surface area (Å²) in [6, 6.07) is 4.48. The van der Waals surface area contributed by atoms with Crippen molar-refractivity contribution in [1.82, 2.24) is 5.32 Å². The number of nitro benzene ring substituents is 1. The molecule has 7 nitrogen and oxygen atoms in total. The van der Waals surface area contributed by atoms with Gasteiger partial charge in [-0.05, 0) is 41.6 Å². The van der Waals surface area contributed by atoms with Crippen molar-refractivity contribution in [3.05, 3.63) is 31.9 Å². The summed E-state index contributed by atoms with van der Waals surface area (Å²) in [5.41, 5.74) is 0.867. The minimum Gasteiger partial charge on any atom is -0.377 e. The Hall–Kier alpha value is -1.42. The van der Waals surface area contributed by atoms with Gasteiger partial charge in [0, 0.05) is 24.8 Å². The number of nitrogens with zero attached hydrogens (tertiary/aromatic N) is 2.